The molecule has 0 radical (unpaired) electrons. The predicted octanol–water partition coefficient (Wildman–Crippen LogP) is 2.78. The lowest BCUT2D eigenvalue weighted by Gasteiger charge is -2.16. The molecule has 0 spiro atoms. The van der Waals surface area contributed by atoms with E-state index < -0.39 is 30.5 Å². The zero-order valence-corrected chi connectivity index (χ0v) is 10.3. The second kappa shape index (κ2) is 5.55. The summed E-state index contributed by atoms with van der Waals surface area (Å²) in [5.74, 6) is -5.80. The van der Waals surface area contributed by atoms with Gasteiger partial charge in [0.05, 0.1) is 12.1 Å². The van der Waals surface area contributed by atoms with Crippen molar-refractivity contribution in [3.8, 4) is 5.75 Å². The molecule has 0 aliphatic carbocycles. The second-order valence-electron chi connectivity index (χ2n) is 3.41. The van der Waals surface area contributed by atoms with Crippen molar-refractivity contribution in [2.45, 2.75) is 12.3 Å². The molecular formula is C10H8BrF4NO2. The summed E-state index contributed by atoms with van der Waals surface area (Å²) < 4.78 is 49.3. The number of carbonyl (C=O) groups is 1. The van der Waals surface area contributed by atoms with Gasteiger partial charge in [-0.1, -0.05) is 15.9 Å². The number of rotatable bonds is 4. The molecule has 1 rings (SSSR count). The van der Waals surface area contributed by atoms with Crippen molar-refractivity contribution in [1.29, 1.82) is 0 Å². The lowest BCUT2D eigenvalue weighted by atomic mass is 10.2. The molecule has 0 aromatic heterocycles. The minimum absolute atomic E-state index is 0.275. The number of hydrogen-bond donors (Lipinski definition) is 2. The van der Waals surface area contributed by atoms with E-state index >= 15 is 0 Å². The van der Waals surface area contributed by atoms with Crippen molar-refractivity contribution < 1.29 is 27.5 Å². The van der Waals surface area contributed by atoms with Gasteiger partial charge in [-0.25, -0.2) is 8.78 Å². The van der Waals surface area contributed by atoms with Gasteiger partial charge in [-0.3, -0.25) is 4.79 Å². The standard InChI is InChI=1S/C10H8BrF4NO2/c11-5-1-2-6(7(17)3-5)8(18)16-4-10(14,15)9(12)13/h1-3,9,17H,4H2,(H,16,18). The first-order valence-corrected chi connectivity index (χ1v) is 5.46. The van der Waals surface area contributed by atoms with Gasteiger partial charge >= 0.3 is 12.3 Å². The minimum Gasteiger partial charge on any atom is -0.507 e. The molecule has 8 heteroatoms. The van der Waals surface area contributed by atoms with Crippen molar-refractivity contribution in [2.75, 3.05) is 6.54 Å². The van der Waals surface area contributed by atoms with E-state index in [9.17, 15) is 27.5 Å². The molecule has 0 saturated heterocycles. The third-order valence-electron chi connectivity index (χ3n) is 2.01. The summed E-state index contributed by atoms with van der Waals surface area (Å²) in [4.78, 5) is 11.4. The molecule has 0 saturated carbocycles. The second-order valence-corrected chi connectivity index (χ2v) is 4.32. The summed E-state index contributed by atoms with van der Waals surface area (Å²) in [7, 11) is 0. The largest absolute Gasteiger partial charge is 0.507 e. The Morgan fingerprint density at radius 1 is 1.44 bits per heavy atom. The van der Waals surface area contributed by atoms with Crippen molar-refractivity contribution in [1.82, 2.24) is 5.32 Å². The number of alkyl halides is 4. The van der Waals surface area contributed by atoms with E-state index in [1.165, 1.54) is 18.2 Å². The molecule has 0 aliphatic rings. The van der Waals surface area contributed by atoms with E-state index in [2.05, 4.69) is 15.9 Å². The maximum atomic E-state index is 12.6. The molecule has 0 unspecified atom stereocenters. The fourth-order valence-corrected chi connectivity index (χ4v) is 1.42. The number of amides is 1. The van der Waals surface area contributed by atoms with E-state index in [0.717, 1.165) is 0 Å². The highest BCUT2D eigenvalue weighted by molar-refractivity contribution is 9.10. The molecule has 1 amide bonds. The van der Waals surface area contributed by atoms with Gasteiger partial charge in [0, 0.05) is 4.47 Å². The number of halogens is 5. The van der Waals surface area contributed by atoms with Gasteiger partial charge in [0.2, 0.25) is 0 Å². The summed E-state index contributed by atoms with van der Waals surface area (Å²) in [6, 6.07) is 3.76. The Kier molecular flexibility index (Phi) is 4.55. The topological polar surface area (TPSA) is 49.3 Å². The minimum atomic E-state index is -4.30. The van der Waals surface area contributed by atoms with Crippen LogP contribution in [0.4, 0.5) is 17.6 Å². The van der Waals surface area contributed by atoms with Crippen molar-refractivity contribution in [2.24, 2.45) is 0 Å². The molecule has 100 valence electrons. The third-order valence-corrected chi connectivity index (χ3v) is 2.50. The third kappa shape index (κ3) is 3.59. The van der Waals surface area contributed by atoms with Crippen LogP contribution in [0.1, 0.15) is 10.4 Å². The maximum absolute atomic E-state index is 12.6. The molecule has 0 bridgehead atoms. The van der Waals surface area contributed by atoms with Gasteiger partial charge < -0.3 is 10.4 Å². The normalized spacial score (nSPS) is 11.7. The first-order valence-electron chi connectivity index (χ1n) is 4.66. The van der Waals surface area contributed by atoms with Gasteiger partial charge in [-0.2, -0.15) is 8.78 Å². The molecule has 0 atom stereocenters. The average Bonchev–Trinajstić information content (AvgIpc) is 2.25. The highest BCUT2D eigenvalue weighted by atomic mass is 79.9. The Morgan fingerprint density at radius 2 is 2.06 bits per heavy atom. The van der Waals surface area contributed by atoms with Crippen molar-refractivity contribution in [3.63, 3.8) is 0 Å². The zero-order valence-electron chi connectivity index (χ0n) is 8.76. The lowest BCUT2D eigenvalue weighted by molar-refractivity contribution is -0.123. The molecule has 0 aliphatic heterocycles. The van der Waals surface area contributed by atoms with Crippen LogP contribution in [-0.4, -0.2) is 29.9 Å². The molecular weight excluding hydrogens is 322 g/mol. The smallest absolute Gasteiger partial charge is 0.324 e. The highest BCUT2D eigenvalue weighted by Crippen LogP contribution is 2.24. The maximum Gasteiger partial charge on any atom is 0.324 e. The first kappa shape index (κ1) is 14.7. The number of benzene rings is 1. The molecule has 3 nitrogen and oxygen atoms in total. The Labute approximate surface area is 108 Å². The zero-order chi connectivity index (χ0) is 13.9. The Balaban J connectivity index is 2.72. The quantitative estimate of drug-likeness (QED) is 0.834. The lowest BCUT2D eigenvalue weighted by Crippen LogP contribution is -2.41. The summed E-state index contributed by atoms with van der Waals surface area (Å²) >= 11 is 3.02. The van der Waals surface area contributed by atoms with Crippen LogP contribution in [0.5, 0.6) is 5.75 Å². The van der Waals surface area contributed by atoms with Gasteiger partial charge in [-0.15, -0.1) is 0 Å². The Bertz CT molecular complexity index is 454. The Hall–Kier alpha value is -1.31. The van der Waals surface area contributed by atoms with Crippen LogP contribution in [0, 0.1) is 0 Å². The van der Waals surface area contributed by atoms with E-state index in [1.807, 2.05) is 0 Å². The van der Waals surface area contributed by atoms with Crippen LogP contribution in [0.15, 0.2) is 22.7 Å². The molecule has 0 heterocycles. The molecule has 1 aromatic rings. The fraction of sp³-hybridized carbons (Fsp3) is 0.300. The molecule has 1 aromatic carbocycles. The number of carbonyl (C=O) groups excluding carboxylic acids is 1. The SMILES string of the molecule is O=C(NCC(F)(F)C(F)F)c1ccc(Br)cc1O. The number of phenolic OH excluding ortho intramolecular Hbond substituents is 1. The highest BCUT2D eigenvalue weighted by Gasteiger charge is 2.40. The summed E-state index contributed by atoms with van der Waals surface area (Å²) in [5.41, 5.74) is -0.275. The number of nitrogens with one attached hydrogen (secondary N) is 1. The van der Waals surface area contributed by atoms with E-state index in [-0.39, 0.29) is 5.56 Å². The number of aromatic hydroxyl groups is 1. The van der Waals surface area contributed by atoms with E-state index in [4.69, 9.17) is 0 Å². The van der Waals surface area contributed by atoms with Crippen LogP contribution >= 0.6 is 15.9 Å². The van der Waals surface area contributed by atoms with Crippen LogP contribution in [0.3, 0.4) is 0 Å². The van der Waals surface area contributed by atoms with Crippen LogP contribution in [0.2, 0.25) is 0 Å². The van der Waals surface area contributed by atoms with Gasteiger partial charge in [0.15, 0.2) is 0 Å². The van der Waals surface area contributed by atoms with Crippen LogP contribution < -0.4 is 5.32 Å². The van der Waals surface area contributed by atoms with Gasteiger partial charge in [0.1, 0.15) is 5.75 Å². The summed E-state index contributed by atoms with van der Waals surface area (Å²) in [5, 5.41) is 11.0. The van der Waals surface area contributed by atoms with Crippen LogP contribution in [0.25, 0.3) is 0 Å². The molecule has 0 fully saturated rings. The first-order chi connectivity index (χ1) is 8.24. The number of hydrogen-bond acceptors (Lipinski definition) is 2. The summed E-state index contributed by atoms with van der Waals surface area (Å²) in [6.45, 7) is -1.50. The predicted molar refractivity (Wildman–Crippen MR) is 59.1 cm³/mol. The van der Waals surface area contributed by atoms with Crippen molar-refractivity contribution >= 4 is 21.8 Å². The van der Waals surface area contributed by atoms with Gasteiger partial charge in [-0.05, 0) is 18.2 Å². The molecule has 2 N–H and O–H groups in total. The Morgan fingerprint density at radius 3 is 2.56 bits per heavy atom. The monoisotopic (exact) mass is 329 g/mol. The molecule has 18 heavy (non-hydrogen) atoms. The van der Waals surface area contributed by atoms with Crippen molar-refractivity contribution in [3.05, 3.63) is 28.2 Å². The summed E-state index contributed by atoms with van der Waals surface area (Å²) in [6.07, 6.45) is -3.86. The van der Waals surface area contributed by atoms with E-state index in [1.54, 1.807) is 5.32 Å². The van der Waals surface area contributed by atoms with Crippen LogP contribution in [-0.2, 0) is 0 Å². The fourth-order valence-electron chi connectivity index (χ4n) is 1.07. The van der Waals surface area contributed by atoms with Gasteiger partial charge in [0.25, 0.3) is 5.91 Å². The van der Waals surface area contributed by atoms with E-state index in [0.29, 0.717) is 4.47 Å². The number of phenols is 1. The average molecular weight is 330 g/mol.